The molecule has 0 spiro atoms. The molecule has 0 fully saturated rings. The molecule has 1 atom stereocenters. The summed E-state index contributed by atoms with van der Waals surface area (Å²) in [6, 6.07) is 12.8. The second-order valence-electron chi connectivity index (χ2n) is 6.89. The largest absolute Gasteiger partial charge is 0.496 e. The molecule has 0 aliphatic carbocycles. The molecule has 152 valence electrons. The zero-order valence-electron chi connectivity index (χ0n) is 16.5. The SMILES string of the molecule is COC(=O)c1cc(CNC(=O)CC[C@@H]2Cc3ccccc3NC2=O)ccc1OC. The van der Waals surface area contributed by atoms with Crippen LogP contribution in [0.2, 0.25) is 0 Å². The lowest BCUT2D eigenvalue weighted by Gasteiger charge is -2.24. The summed E-state index contributed by atoms with van der Waals surface area (Å²) in [6.07, 6.45) is 1.36. The van der Waals surface area contributed by atoms with Gasteiger partial charge in [-0.05, 0) is 42.2 Å². The number of methoxy groups -OCH3 is 2. The van der Waals surface area contributed by atoms with Crippen LogP contribution in [0, 0.1) is 5.92 Å². The molecule has 1 aliphatic heterocycles. The zero-order valence-corrected chi connectivity index (χ0v) is 16.5. The first kappa shape index (κ1) is 20.4. The van der Waals surface area contributed by atoms with E-state index in [2.05, 4.69) is 10.6 Å². The van der Waals surface area contributed by atoms with Crippen molar-refractivity contribution in [2.75, 3.05) is 19.5 Å². The van der Waals surface area contributed by atoms with Crippen LogP contribution in [0.3, 0.4) is 0 Å². The lowest BCUT2D eigenvalue weighted by atomic mass is 9.89. The van der Waals surface area contributed by atoms with Gasteiger partial charge in [0.15, 0.2) is 0 Å². The van der Waals surface area contributed by atoms with Crippen LogP contribution >= 0.6 is 0 Å². The molecule has 7 nitrogen and oxygen atoms in total. The molecule has 3 rings (SSSR count). The lowest BCUT2D eigenvalue weighted by Crippen LogP contribution is -2.31. The first-order valence-corrected chi connectivity index (χ1v) is 9.42. The average molecular weight is 396 g/mol. The third-order valence-electron chi connectivity index (χ3n) is 4.99. The Morgan fingerprint density at radius 3 is 2.72 bits per heavy atom. The van der Waals surface area contributed by atoms with Gasteiger partial charge in [-0.2, -0.15) is 0 Å². The van der Waals surface area contributed by atoms with Gasteiger partial charge >= 0.3 is 5.97 Å². The van der Waals surface area contributed by atoms with E-state index >= 15 is 0 Å². The highest BCUT2D eigenvalue weighted by atomic mass is 16.5. The number of esters is 1. The van der Waals surface area contributed by atoms with E-state index in [4.69, 9.17) is 9.47 Å². The maximum atomic E-state index is 12.3. The second-order valence-corrected chi connectivity index (χ2v) is 6.89. The van der Waals surface area contributed by atoms with Crippen molar-refractivity contribution in [3.63, 3.8) is 0 Å². The van der Waals surface area contributed by atoms with Crippen molar-refractivity contribution in [1.29, 1.82) is 0 Å². The van der Waals surface area contributed by atoms with E-state index in [1.54, 1.807) is 18.2 Å². The first-order chi connectivity index (χ1) is 14.0. The van der Waals surface area contributed by atoms with Crippen LogP contribution in [-0.2, 0) is 27.3 Å². The fraction of sp³-hybridized carbons (Fsp3) is 0.318. The van der Waals surface area contributed by atoms with Gasteiger partial charge < -0.3 is 20.1 Å². The molecule has 1 aliphatic rings. The van der Waals surface area contributed by atoms with Crippen molar-refractivity contribution in [2.24, 2.45) is 5.92 Å². The van der Waals surface area contributed by atoms with Gasteiger partial charge in [0.25, 0.3) is 0 Å². The molecule has 29 heavy (non-hydrogen) atoms. The molecule has 2 aromatic rings. The summed E-state index contributed by atoms with van der Waals surface area (Å²) in [6.45, 7) is 0.270. The van der Waals surface area contributed by atoms with Crippen LogP contribution in [0.4, 0.5) is 5.69 Å². The van der Waals surface area contributed by atoms with Gasteiger partial charge in [0.2, 0.25) is 11.8 Å². The summed E-state index contributed by atoms with van der Waals surface area (Å²) in [5, 5.41) is 5.73. The van der Waals surface area contributed by atoms with E-state index in [1.807, 2.05) is 24.3 Å². The van der Waals surface area contributed by atoms with Crippen LogP contribution in [0.15, 0.2) is 42.5 Å². The molecule has 0 saturated carbocycles. The van der Waals surface area contributed by atoms with Crippen LogP contribution in [0.25, 0.3) is 0 Å². The third kappa shape index (κ3) is 4.93. The topological polar surface area (TPSA) is 93.7 Å². The first-order valence-electron chi connectivity index (χ1n) is 9.42. The number of benzene rings is 2. The van der Waals surface area contributed by atoms with E-state index in [0.717, 1.165) is 16.8 Å². The smallest absolute Gasteiger partial charge is 0.341 e. The van der Waals surface area contributed by atoms with Crippen molar-refractivity contribution < 1.29 is 23.9 Å². The molecule has 0 radical (unpaired) electrons. The van der Waals surface area contributed by atoms with E-state index in [0.29, 0.717) is 24.2 Å². The van der Waals surface area contributed by atoms with Crippen LogP contribution < -0.4 is 15.4 Å². The predicted octanol–water partition coefficient (Wildman–Crippen LogP) is 2.69. The summed E-state index contributed by atoms with van der Waals surface area (Å²) in [7, 11) is 2.78. The van der Waals surface area contributed by atoms with Crippen molar-refractivity contribution in [3.05, 3.63) is 59.2 Å². The molecular formula is C22H24N2O5. The van der Waals surface area contributed by atoms with E-state index in [-0.39, 0.29) is 30.7 Å². The minimum atomic E-state index is -0.501. The second kappa shape index (κ2) is 9.23. The summed E-state index contributed by atoms with van der Waals surface area (Å²) >= 11 is 0. The minimum Gasteiger partial charge on any atom is -0.496 e. The Kier molecular flexibility index (Phi) is 6.49. The van der Waals surface area contributed by atoms with E-state index in [9.17, 15) is 14.4 Å². The zero-order chi connectivity index (χ0) is 20.8. The minimum absolute atomic E-state index is 0.0469. The van der Waals surface area contributed by atoms with Gasteiger partial charge in [0.1, 0.15) is 11.3 Å². The van der Waals surface area contributed by atoms with Crippen molar-refractivity contribution in [2.45, 2.75) is 25.8 Å². The average Bonchev–Trinajstić information content (AvgIpc) is 2.75. The fourth-order valence-electron chi connectivity index (χ4n) is 3.38. The van der Waals surface area contributed by atoms with Crippen LogP contribution in [-0.4, -0.2) is 32.0 Å². The van der Waals surface area contributed by atoms with Crippen molar-refractivity contribution >= 4 is 23.5 Å². The van der Waals surface area contributed by atoms with Gasteiger partial charge in [-0.3, -0.25) is 9.59 Å². The Morgan fingerprint density at radius 2 is 1.97 bits per heavy atom. The standard InChI is InChI=1S/C22H24N2O5/c1-28-19-9-7-14(11-17(19)22(27)29-2)13-23-20(25)10-8-16-12-15-5-3-4-6-18(15)24-21(16)26/h3-7,9,11,16H,8,10,12-13H2,1-2H3,(H,23,25)(H,24,26)/t16-/m1/s1. The van der Waals surface area contributed by atoms with Gasteiger partial charge in [0.05, 0.1) is 14.2 Å². The number of carbonyl (C=O) groups excluding carboxylic acids is 3. The maximum absolute atomic E-state index is 12.3. The molecule has 2 aromatic carbocycles. The molecule has 0 aromatic heterocycles. The van der Waals surface area contributed by atoms with Gasteiger partial charge in [-0.25, -0.2) is 4.79 Å². The summed E-state index contributed by atoms with van der Waals surface area (Å²) in [5.74, 6) is -0.502. The summed E-state index contributed by atoms with van der Waals surface area (Å²) in [5.41, 5.74) is 2.99. The predicted molar refractivity (Wildman–Crippen MR) is 108 cm³/mol. The fourth-order valence-corrected chi connectivity index (χ4v) is 3.38. The molecule has 7 heteroatoms. The number of hydrogen-bond donors (Lipinski definition) is 2. The highest BCUT2D eigenvalue weighted by Gasteiger charge is 2.26. The lowest BCUT2D eigenvalue weighted by molar-refractivity contribution is -0.122. The number of amides is 2. The Bertz CT molecular complexity index is 925. The van der Waals surface area contributed by atoms with E-state index < -0.39 is 5.97 Å². The molecule has 2 N–H and O–H groups in total. The molecule has 0 saturated heterocycles. The number of carbonyl (C=O) groups is 3. The number of rotatable bonds is 7. The Morgan fingerprint density at radius 1 is 1.17 bits per heavy atom. The molecule has 0 unspecified atom stereocenters. The molecular weight excluding hydrogens is 372 g/mol. The number of anilines is 1. The number of fused-ring (bicyclic) bond motifs is 1. The molecule has 1 heterocycles. The number of nitrogens with one attached hydrogen (secondary N) is 2. The Balaban J connectivity index is 1.53. The van der Waals surface area contributed by atoms with Crippen molar-refractivity contribution in [1.82, 2.24) is 5.32 Å². The summed E-state index contributed by atoms with van der Waals surface area (Å²) < 4.78 is 9.92. The maximum Gasteiger partial charge on any atom is 0.341 e. The van der Waals surface area contributed by atoms with Crippen molar-refractivity contribution in [3.8, 4) is 5.75 Å². The van der Waals surface area contributed by atoms with Gasteiger partial charge in [-0.1, -0.05) is 24.3 Å². The molecule has 2 amide bonds. The highest BCUT2D eigenvalue weighted by Crippen LogP contribution is 2.27. The monoisotopic (exact) mass is 396 g/mol. The molecule has 0 bridgehead atoms. The third-order valence-corrected chi connectivity index (χ3v) is 4.99. The highest BCUT2D eigenvalue weighted by molar-refractivity contribution is 5.96. The quantitative estimate of drug-likeness (QED) is 0.702. The van der Waals surface area contributed by atoms with E-state index in [1.165, 1.54) is 14.2 Å². The van der Waals surface area contributed by atoms with Gasteiger partial charge in [0, 0.05) is 24.6 Å². The van der Waals surface area contributed by atoms with Gasteiger partial charge in [-0.15, -0.1) is 0 Å². The number of para-hydroxylation sites is 1. The number of hydrogen-bond acceptors (Lipinski definition) is 5. The normalized spacial score (nSPS) is 15.1. The Labute approximate surface area is 169 Å². The number of ether oxygens (including phenoxy) is 2. The van der Waals surface area contributed by atoms with Crippen LogP contribution in [0.5, 0.6) is 5.75 Å². The Hall–Kier alpha value is -3.35. The summed E-state index contributed by atoms with van der Waals surface area (Å²) in [4.78, 5) is 36.3. The van der Waals surface area contributed by atoms with Crippen LogP contribution in [0.1, 0.15) is 34.3 Å².